The quantitative estimate of drug-likeness (QED) is 0.546. The van der Waals surface area contributed by atoms with Crippen LogP contribution in [0.15, 0.2) is 53.4 Å². The first kappa shape index (κ1) is 23.3. The van der Waals surface area contributed by atoms with Crippen LogP contribution in [0.3, 0.4) is 0 Å². The molecule has 2 aromatic heterocycles. The van der Waals surface area contributed by atoms with Crippen molar-refractivity contribution in [3.63, 3.8) is 0 Å². The average Bonchev–Trinajstić information content (AvgIpc) is 3.31. The van der Waals surface area contributed by atoms with E-state index < -0.39 is 10.0 Å². The molecule has 0 unspecified atom stereocenters. The van der Waals surface area contributed by atoms with E-state index in [9.17, 15) is 8.42 Å². The maximum absolute atomic E-state index is 11.9. The molecule has 2 atom stereocenters. The van der Waals surface area contributed by atoms with Crippen LogP contribution >= 0.6 is 0 Å². The highest BCUT2D eigenvalue weighted by atomic mass is 32.2. The van der Waals surface area contributed by atoms with Crippen molar-refractivity contribution in [1.82, 2.24) is 14.7 Å². The SMILES string of the molecule is CS(=O)(=O)N[C@H]1CCN(c2ccccn2)C[C@H]1COC1CCC(c2ccc3ocnc3c2)CC1. The summed E-state index contributed by atoms with van der Waals surface area (Å²) in [7, 11) is -3.28. The van der Waals surface area contributed by atoms with Crippen LogP contribution in [0.25, 0.3) is 11.1 Å². The Hall–Kier alpha value is -2.49. The zero-order valence-corrected chi connectivity index (χ0v) is 20.3. The molecular weight excluding hydrogens is 452 g/mol. The van der Waals surface area contributed by atoms with E-state index in [0.29, 0.717) is 12.5 Å². The number of benzene rings is 1. The van der Waals surface area contributed by atoms with Crippen LogP contribution in [0.1, 0.15) is 43.6 Å². The Bertz CT molecular complexity index is 1190. The van der Waals surface area contributed by atoms with Crippen molar-refractivity contribution >= 4 is 26.9 Å². The fourth-order valence-corrected chi connectivity index (χ4v) is 6.19. The lowest BCUT2D eigenvalue weighted by Crippen LogP contribution is -2.52. The van der Waals surface area contributed by atoms with Crippen LogP contribution in [0, 0.1) is 5.92 Å². The number of aromatic nitrogens is 2. The van der Waals surface area contributed by atoms with Gasteiger partial charge in [0, 0.05) is 31.2 Å². The van der Waals surface area contributed by atoms with Crippen LogP contribution in [-0.2, 0) is 14.8 Å². The minimum absolute atomic E-state index is 0.0674. The first-order valence-corrected chi connectivity index (χ1v) is 13.9. The summed E-state index contributed by atoms with van der Waals surface area (Å²) in [5, 5.41) is 0. The maximum atomic E-state index is 11.9. The summed E-state index contributed by atoms with van der Waals surface area (Å²) >= 11 is 0. The van der Waals surface area contributed by atoms with E-state index in [4.69, 9.17) is 9.15 Å². The Kier molecular flexibility index (Phi) is 6.85. The molecule has 3 heterocycles. The molecule has 9 heteroatoms. The molecule has 1 saturated carbocycles. The Labute approximate surface area is 200 Å². The number of anilines is 1. The fraction of sp³-hybridized carbons (Fsp3) is 0.520. The van der Waals surface area contributed by atoms with Gasteiger partial charge in [-0.3, -0.25) is 0 Å². The summed E-state index contributed by atoms with van der Waals surface area (Å²) in [6.45, 7) is 2.02. The molecule has 5 rings (SSSR count). The highest BCUT2D eigenvalue weighted by molar-refractivity contribution is 7.88. The Balaban J connectivity index is 1.18. The molecule has 1 aliphatic carbocycles. The summed E-state index contributed by atoms with van der Waals surface area (Å²) < 4.78 is 38.5. The third kappa shape index (κ3) is 5.59. The average molecular weight is 485 g/mol. The van der Waals surface area contributed by atoms with Gasteiger partial charge in [-0.1, -0.05) is 12.1 Å². The monoisotopic (exact) mass is 484 g/mol. The van der Waals surface area contributed by atoms with Crippen LogP contribution in [-0.4, -0.2) is 56.5 Å². The van der Waals surface area contributed by atoms with Gasteiger partial charge in [-0.2, -0.15) is 0 Å². The van der Waals surface area contributed by atoms with Gasteiger partial charge in [0.2, 0.25) is 10.0 Å². The van der Waals surface area contributed by atoms with Gasteiger partial charge >= 0.3 is 0 Å². The lowest BCUT2D eigenvalue weighted by molar-refractivity contribution is -0.00213. The first-order valence-electron chi connectivity index (χ1n) is 12.0. The van der Waals surface area contributed by atoms with Gasteiger partial charge in [0.25, 0.3) is 0 Å². The molecule has 8 nitrogen and oxygen atoms in total. The minimum atomic E-state index is -3.28. The number of hydrogen-bond donors (Lipinski definition) is 1. The van der Waals surface area contributed by atoms with Gasteiger partial charge in [-0.25, -0.2) is 23.1 Å². The van der Waals surface area contributed by atoms with E-state index in [1.807, 2.05) is 24.3 Å². The predicted molar refractivity (Wildman–Crippen MR) is 131 cm³/mol. The van der Waals surface area contributed by atoms with Crippen molar-refractivity contribution in [2.75, 3.05) is 30.9 Å². The normalized spacial score (nSPS) is 26.1. The molecule has 2 fully saturated rings. The standard InChI is InChI=1S/C25H32N4O4S/c1-34(30,31)28-22-11-13-29(25-4-2-3-12-26-25)15-20(22)16-32-21-8-5-18(6-9-21)19-7-10-24-23(14-19)27-17-33-24/h2-4,7,10,12,14,17-18,20-22,28H,5-6,8-9,11,13,15-16H2,1H3/t18?,20-,21?,22-/m0/s1. The van der Waals surface area contributed by atoms with E-state index in [0.717, 1.165) is 62.1 Å². The summed E-state index contributed by atoms with van der Waals surface area (Å²) in [4.78, 5) is 11.0. The third-order valence-electron chi connectivity index (χ3n) is 7.12. The molecule has 2 aliphatic rings. The Morgan fingerprint density at radius 1 is 1.12 bits per heavy atom. The number of ether oxygens (including phenoxy) is 1. The minimum Gasteiger partial charge on any atom is -0.443 e. The highest BCUT2D eigenvalue weighted by Gasteiger charge is 2.33. The zero-order valence-electron chi connectivity index (χ0n) is 19.5. The molecule has 0 bridgehead atoms. The fourth-order valence-electron chi connectivity index (χ4n) is 5.33. The lowest BCUT2D eigenvalue weighted by Gasteiger charge is -2.40. The first-order chi connectivity index (χ1) is 16.4. The molecule has 34 heavy (non-hydrogen) atoms. The summed E-state index contributed by atoms with van der Waals surface area (Å²) in [6.07, 6.45) is 9.60. The smallest absolute Gasteiger partial charge is 0.208 e. The van der Waals surface area contributed by atoms with Crippen molar-refractivity contribution < 1.29 is 17.6 Å². The number of nitrogens with one attached hydrogen (secondary N) is 1. The summed E-state index contributed by atoms with van der Waals surface area (Å²) in [6, 6.07) is 12.1. The number of rotatable bonds is 7. The molecule has 1 N–H and O–H groups in total. The van der Waals surface area contributed by atoms with E-state index in [-0.39, 0.29) is 18.1 Å². The van der Waals surface area contributed by atoms with Gasteiger partial charge in [0.05, 0.1) is 19.0 Å². The molecule has 0 spiro atoms. The van der Waals surface area contributed by atoms with Crippen molar-refractivity contribution in [2.24, 2.45) is 5.92 Å². The van der Waals surface area contributed by atoms with Gasteiger partial charge in [-0.15, -0.1) is 0 Å². The Morgan fingerprint density at radius 2 is 1.97 bits per heavy atom. The molecular formula is C25H32N4O4S. The topological polar surface area (TPSA) is 97.6 Å². The number of nitrogens with zero attached hydrogens (tertiary/aromatic N) is 3. The number of oxazole rings is 1. The number of fused-ring (bicyclic) bond motifs is 1. The molecule has 0 radical (unpaired) electrons. The molecule has 182 valence electrons. The van der Waals surface area contributed by atoms with Crippen LogP contribution in [0.5, 0.6) is 0 Å². The molecule has 3 aromatic rings. The maximum Gasteiger partial charge on any atom is 0.208 e. The van der Waals surface area contributed by atoms with Crippen molar-refractivity contribution in [3.8, 4) is 0 Å². The molecule has 1 aliphatic heterocycles. The van der Waals surface area contributed by atoms with Crippen LogP contribution in [0.2, 0.25) is 0 Å². The lowest BCUT2D eigenvalue weighted by atomic mass is 9.82. The number of sulfonamides is 1. The van der Waals surface area contributed by atoms with Crippen molar-refractivity contribution in [1.29, 1.82) is 0 Å². The molecule has 1 aromatic carbocycles. The number of hydrogen-bond acceptors (Lipinski definition) is 7. The number of piperidine rings is 1. The van der Waals surface area contributed by atoms with Gasteiger partial charge in [0.1, 0.15) is 11.3 Å². The highest BCUT2D eigenvalue weighted by Crippen LogP contribution is 2.35. The van der Waals surface area contributed by atoms with Gasteiger partial charge in [-0.05, 0) is 67.9 Å². The van der Waals surface area contributed by atoms with E-state index >= 15 is 0 Å². The predicted octanol–water partition coefficient (Wildman–Crippen LogP) is 3.71. The molecule has 0 amide bonds. The van der Waals surface area contributed by atoms with Crippen LogP contribution < -0.4 is 9.62 Å². The summed E-state index contributed by atoms with van der Waals surface area (Å²) in [5.74, 6) is 1.50. The largest absolute Gasteiger partial charge is 0.443 e. The summed E-state index contributed by atoms with van der Waals surface area (Å²) in [5.41, 5.74) is 3.05. The second kappa shape index (κ2) is 10.0. The molecule has 1 saturated heterocycles. The van der Waals surface area contributed by atoms with E-state index in [1.54, 1.807) is 6.20 Å². The van der Waals surface area contributed by atoms with E-state index in [2.05, 4.69) is 31.7 Å². The van der Waals surface area contributed by atoms with Gasteiger partial charge < -0.3 is 14.1 Å². The van der Waals surface area contributed by atoms with Crippen molar-refractivity contribution in [2.45, 2.75) is 50.2 Å². The second-order valence-corrected chi connectivity index (χ2v) is 11.3. The second-order valence-electron chi connectivity index (χ2n) is 9.57. The van der Waals surface area contributed by atoms with Crippen LogP contribution in [0.4, 0.5) is 5.82 Å². The number of pyridine rings is 1. The van der Waals surface area contributed by atoms with E-state index in [1.165, 1.54) is 18.2 Å². The zero-order chi connectivity index (χ0) is 23.5. The third-order valence-corrected chi connectivity index (χ3v) is 7.85. The van der Waals surface area contributed by atoms with Gasteiger partial charge in [0.15, 0.2) is 12.0 Å². The Morgan fingerprint density at radius 3 is 2.74 bits per heavy atom. The van der Waals surface area contributed by atoms with Crippen molar-refractivity contribution in [3.05, 3.63) is 54.6 Å².